The lowest BCUT2D eigenvalue weighted by molar-refractivity contribution is -0.141. The zero-order valence-corrected chi connectivity index (χ0v) is 19.8. The van der Waals surface area contributed by atoms with Crippen LogP contribution in [0.5, 0.6) is 11.5 Å². The number of nitrogens with zero attached hydrogens (tertiary/aromatic N) is 1. The van der Waals surface area contributed by atoms with E-state index in [1.54, 1.807) is 23.1 Å². The molecule has 0 radical (unpaired) electrons. The van der Waals surface area contributed by atoms with Gasteiger partial charge in [0, 0.05) is 41.2 Å². The van der Waals surface area contributed by atoms with Gasteiger partial charge in [-0.2, -0.15) is 0 Å². The number of halogens is 2. The standard InChI is InChI=1S/C23H26Cl2N4O5/c24-16-2-1-13(19(25)11-16)5-8-34-18-10-15(9-17(30)12-18)21(31)28-20(22(32)33)14-3-6-29(7-4-14)23(26)27/h1-2,9-12,14,20,30H,3-8H2,(H3,26,27)(H,28,31)(H,32,33)/t20-/m0/s1. The predicted octanol–water partition coefficient (Wildman–Crippen LogP) is 3.11. The number of aromatic hydroxyl groups is 1. The van der Waals surface area contributed by atoms with E-state index >= 15 is 0 Å². The van der Waals surface area contributed by atoms with Crippen LogP contribution in [-0.2, 0) is 11.2 Å². The SMILES string of the molecule is N=C(N)N1CCC([C@H](NC(=O)c2cc(O)cc(OCCc3ccc(Cl)cc3Cl)c2)C(=O)O)CC1. The minimum atomic E-state index is -1.15. The van der Waals surface area contributed by atoms with Gasteiger partial charge in [-0.05, 0) is 48.6 Å². The normalized spacial score (nSPS) is 14.9. The first-order chi connectivity index (χ1) is 16.1. The van der Waals surface area contributed by atoms with Gasteiger partial charge in [-0.15, -0.1) is 0 Å². The fourth-order valence-corrected chi connectivity index (χ4v) is 4.38. The third kappa shape index (κ3) is 6.68. The fourth-order valence-electron chi connectivity index (χ4n) is 3.88. The quantitative estimate of drug-likeness (QED) is 0.271. The molecule has 0 spiro atoms. The molecule has 1 aliphatic heterocycles. The van der Waals surface area contributed by atoms with E-state index in [2.05, 4.69) is 5.32 Å². The average Bonchev–Trinajstić information content (AvgIpc) is 2.78. The Morgan fingerprint density at radius 1 is 1.21 bits per heavy atom. The highest BCUT2D eigenvalue weighted by atomic mass is 35.5. The number of carboxylic acid groups (broad SMARTS) is 1. The summed E-state index contributed by atoms with van der Waals surface area (Å²) in [7, 11) is 0. The summed E-state index contributed by atoms with van der Waals surface area (Å²) < 4.78 is 5.68. The van der Waals surface area contributed by atoms with Crippen molar-refractivity contribution in [1.29, 1.82) is 5.41 Å². The third-order valence-corrected chi connectivity index (χ3v) is 6.30. The molecule has 6 N–H and O–H groups in total. The molecule has 1 aliphatic rings. The summed E-state index contributed by atoms with van der Waals surface area (Å²) >= 11 is 12.1. The van der Waals surface area contributed by atoms with Crippen LogP contribution in [0, 0.1) is 11.3 Å². The number of amides is 1. The monoisotopic (exact) mass is 508 g/mol. The minimum Gasteiger partial charge on any atom is -0.508 e. The fraction of sp³-hybridized carbons (Fsp3) is 0.348. The number of nitrogens with one attached hydrogen (secondary N) is 2. The number of aliphatic carboxylic acids is 1. The molecule has 0 aliphatic carbocycles. The summed E-state index contributed by atoms with van der Waals surface area (Å²) in [6.45, 7) is 1.13. The molecule has 1 heterocycles. The summed E-state index contributed by atoms with van der Waals surface area (Å²) in [4.78, 5) is 26.3. The summed E-state index contributed by atoms with van der Waals surface area (Å²) in [5.74, 6) is -2.08. The Kier molecular flexibility index (Phi) is 8.46. The van der Waals surface area contributed by atoms with E-state index in [4.69, 9.17) is 39.1 Å². The minimum absolute atomic E-state index is 0.0556. The predicted molar refractivity (Wildman–Crippen MR) is 129 cm³/mol. The van der Waals surface area contributed by atoms with Crippen LogP contribution in [0.25, 0.3) is 0 Å². The highest BCUT2D eigenvalue weighted by molar-refractivity contribution is 6.35. The van der Waals surface area contributed by atoms with E-state index in [0.29, 0.717) is 42.4 Å². The van der Waals surface area contributed by atoms with Gasteiger partial charge in [0.2, 0.25) is 0 Å². The topological polar surface area (TPSA) is 149 Å². The molecule has 0 unspecified atom stereocenters. The van der Waals surface area contributed by atoms with Gasteiger partial charge in [0.15, 0.2) is 5.96 Å². The molecule has 0 aromatic heterocycles. The molecule has 3 rings (SSSR count). The Labute approximate surface area is 206 Å². The number of carboxylic acids is 1. The maximum absolute atomic E-state index is 12.8. The van der Waals surface area contributed by atoms with Crippen molar-refractivity contribution in [3.05, 3.63) is 57.6 Å². The first-order valence-corrected chi connectivity index (χ1v) is 11.4. The lowest BCUT2D eigenvalue weighted by atomic mass is 9.89. The van der Waals surface area contributed by atoms with E-state index in [9.17, 15) is 19.8 Å². The molecule has 182 valence electrons. The number of phenolic OH excluding ortho intramolecular Hbond substituents is 1. The Hall–Kier alpha value is -3.17. The Balaban J connectivity index is 1.63. The number of hydrogen-bond donors (Lipinski definition) is 5. The molecule has 1 fully saturated rings. The van der Waals surface area contributed by atoms with Gasteiger partial charge in [0.1, 0.15) is 17.5 Å². The van der Waals surface area contributed by atoms with Gasteiger partial charge in [-0.1, -0.05) is 29.3 Å². The molecule has 1 saturated heterocycles. The van der Waals surface area contributed by atoms with Crippen LogP contribution >= 0.6 is 23.2 Å². The van der Waals surface area contributed by atoms with Crippen LogP contribution in [0.4, 0.5) is 0 Å². The van der Waals surface area contributed by atoms with E-state index in [-0.39, 0.29) is 35.5 Å². The summed E-state index contributed by atoms with van der Waals surface area (Å²) in [6.07, 6.45) is 1.42. The van der Waals surface area contributed by atoms with Gasteiger partial charge < -0.3 is 30.9 Å². The molecule has 1 amide bonds. The number of phenols is 1. The van der Waals surface area contributed by atoms with Crippen molar-refractivity contribution in [2.75, 3.05) is 19.7 Å². The second-order valence-electron chi connectivity index (χ2n) is 8.05. The van der Waals surface area contributed by atoms with Gasteiger partial charge in [-0.3, -0.25) is 10.2 Å². The van der Waals surface area contributed by atoms with Crippen molar-refractivity contribution in [3.8, 4) is 11.5 Å². The van der Waals surface area contributed by atoms with Crippen LogP contribution in [-0.4, -0.2) is 58.7 Å². The molecule has 1 atom stereocenters. The van der Waals surface area contributed by atoms with Crippen LogP contribution in [0.15, 0.2) is 36.4 Å². The largest absolute Gasteiger partial charge is 0.508 e. The van der Waals surface area contributed by atoms with E-state index in [1.165, 1.54) is 18.2 Å². The van der Waals surface area contributed by atoms with Gasteiger partial charge in [0.25, 0.3) is 5.91 Å². The first kappa shape index (κ1) is 25.5. The van der Waals surface area contributed by atoms with Crippen molar-refractivity contribution in [2.24, 2.45) is 11.7 Å². The first-order valence-electron chi connectivity index (χ1n) is 10.7. The molecule has 34 heavy (non-hydrogen) atoms. The van der Waals surface area contributed by atoms with Gasteiger partial charge in [-0.25, -0.2) is 4.79 Å². The lowest BCUT2D eigenvalue weighted by Gasteiger charge is -2.34. The number of nitrogens with two attached hydrogens (primary N) is 1. The van der Waals surface area contributed by atoms with Crippen molar-refractivity contribution < 1.29 is 24.5 Å². The second kappa shape index (κ2) is 11.3. The lowest BCUT2D eigenvalue weighted by Crippen LogP contribution is -2.51. The van der Waals surface area contributed by atoms with Crippen LogP contribution in [0.1, 0.15) is 28.8 Å². The molecule has 0 saturated carbocycles. The maximum Gasteiger partial charge on any atom is 0.326 e. The maximum atomic E-state index is 12.8. The van der Waals surface area contributed by atoms with E-state index in [0.717, 1.165) is 5.56 Å². The smallest absolute Gasteiger partial charge is 0.326 e. The number of carbonyl (C=O) groups is 2. The van der Waals surface area contributed by atoms with Crippen molar-refractivity contribution in [1.82, 2.24) is 10.2 Å². The van der Waals surface area contributed by atoms with Crippen LogP contribution in [0.2, 0.25) is 10.0 Å². The van der Waals surface area contributed by atoms with E-state index < -0.39 is 17.9 Å². The van der Waals surface area contributed by atoms with Gasteiger partial charge >= 0.3 is 5.97 Å². The molecule has 2 aromatic carbocycles. The highest BCUT2D eigenvalue weighted by Crippen LogP contribution is 2.25. The average molecular weight is 509 g/mol. The number of carbonyl (C=O) groups excluding carboxylic acids is 1. The number of ether oxygens (including phenoxy) is 1. The third-order valence-electron chi connectivity index (χ3n) is 5.71. The Bertz CT molecular complexity index is 1070. The Morgan fingerprint density at radius 3 is 2.53 bits per heavy atom. The molecule has 9 nitrogen and oxygen atoms in total. The van der Waals surface area contributed by atoms with Crippen molar-refractivity contribution in [3.63, 3.8) is 0 Å². The van der Waals surface area contributed by atoms with Gasteiger partial charge in [0.05, 0.1) is 6.61 Å². The zero-order chi connectivity index (χ0) is 24.8. The van der Waals surface area contributed by atoms with Crippen LogP contribution < -0.4 is 15.8 Å². The zero-order valence-electron chi connectivity index (χ0n) is 18.3. The van der Waals surface area contributed by atoms with Crippen molar-refractivity contribution in [2.45, 2.75) is 25.3 Å². The molecular formula is C23H26Cl2N4O5. The van der Waals surface area contributed by atoms with Crippen molar-refractivity contribution >= 4 is 41.0 Å². The summed E-state index contributed by atoms with van der Waals surface area (Å²) in [5.41, 5.74) is 6.40. The number of piperidine rings is 1. The number of guanidine groups is 1. The molecule has 11 heteroatoms. The number of rotatable bonds is 8. The Morgan fingerprint density at radius 2 is 1.91 bits per heavy atom. The number of benzene rings is 2. The van der Waals surface area contributed by atoms with E-state index in [1.807, 2.05) is 0 Å². The highest BCUT2D eigenvalue weighted by Gasteiger charge is 2.33. The molecular weight excluding hydrogens is 483 g/mol. The summed E-state index contributed by atoms with van der Waals surface area (Å²) in [6, 6.07) is 8.10. The second-order valence-corrected chi connectivity index (χ2v) is 8.89. The molecule has 2 aromatic rings. The number of likely N-dealkylation sites (tertiary alicyclic amines) is 1. The molecule has 0 bridgehead atoms. The number of hydrogen-bond acceptors (Lipinski definition) is 5. The van der Waals surface area contributed by atoms with Crippen LogP contribution in [0.3, 0.4) is 0 Å². The summed E-state index contributed by atoms with van der Waals surface area (Å²) in [5, 5.41) is 30.8.